The lowest BCUT2D eigenvalue weighted by Gasteiger charge is -2.21. The van der Waals surface area contributed by atoms with Crippen molar-refractivity contribution in [2.45, 2.75) is 19.1 Å². The molecule has 1 N–H and O–H groups in total. The molecule has 3 aromatic rings. The van der Waals surface area contributed by atoms with E-state index in [-0.39, 0.29) is 5.91 Å². The zero-order valence-corrected chi connectivity index (χ0v) is 18.8. The Bertz CT molecular complexity index is 1130. The number of aliphatic carboxylic acids is 1. The Labute approximate surface area is 195 Å². The minimum atomic E-state index is -5.08. The Kier molecular flexibility index (Phi) is 7.60. The molecule has 0 spiro atoms. The van der Waals surface area contributed by atoms with Crippen LogP contribution in [0.4, 0.5) is 18.9 Å². The summed E-state index contributed by atoms with van der Waals surface area (Å²) < 4.78 is 34.0. The van der Waals surface area contributed by atoms with Crippen LogP contribution in [0.15, 0.2) is 60.8 Å². The summed E-state index contributed by atoms with van der Waals surface area (Å²) in [7, 11) is 3.99. The fourth-order valence-corrected chi connectivity index (χ4v) is 3.56. The molecule has 0 saturated carbocycles. The molecule has 2 aromatic carbocycles. The van der Waals surface area contributed by atoms with Crippen LogP contribution in [0, 0.1) is 0 Å². The Hall–Kier alpha value is -3.82. The van der Waals surface area contributed by atoms with Crippen LogP contribution in [0.3, 0.4) is 0 Å². The number of halogens is 3. The molecule has 180 valence electrons. The number of benzene rings is 2. The molecule has 1 amide bonds. The predicted molar refractivity (Wildman–Crippen MR) is 122 cm³/mol. The second-order valence-electron chi connectivity index (χ2n) is 7.86. The van der Waals surface area contributed by atoms with Gasteiger partial charge in [0.05, 0.1) is 11.9 Å². The van der Waals surface area contributed by atoms with Crippen LogP contribution in [0.1, 0.15) is 16.2 Å². The van der Waals surface area contributed by atoms with Gasteiger partial charge < -0.3 is 19.5 Å². The van der Waals surface area contributed by atoms with E-state index in [1.807, 2.05) is 72.6 Å². The van der Waals surface area contributed by atoms with Gasteiger partial charge in [-0.1, -0.05) is 30.3 Å². The molecular weight excluding hydrogens is 449 g/mol. The number of carbonyl (C=O) groups is 2. The summed E-state index contributed by atoms with van der Waals surface area (Å²) in [6, 6.07) is 18.1. The number of hydrogen-bond donors (Lipinski definition) is 1. The number of anilines is 1. The first-order chi connectivity index (χ1) is 16.1. The van der Waals surface area contributed by atoms with Crippen LogP contribution in [0.25, 0.3) is 11.3 Å². The molecule has 0 radical (unpaired) electrons. The highest BCUT2D eigenvalue weighted by Gasteiger charge is 2.38. The van der Waals surface area contributed by atoms with Gasteiger partial charge in [0.15, 0.2) is 0 Å². The number of alkyl halides is 3. The van der Waals surface area contributed by atoms with Crippen LogP contribution >= 0.6 is 0 Å². The maximum Gasteiger partial charge on any atom is 0.490 e. The molecule has 34 heavy (non-hydrogen) atoms. The molecule has 2 heterocycles. The molecule has 1 aromatic heterocycles. The van der Waals surface area contributed by atoms with Gasteiger partial charge in [0.1, 0.15) is 5.82 Å². The third-order valence-electron chi connectivity index (χ3n) is 5.37. The van der Waals surface area contributed by atoms with Crippen LogP contribution < -0.4 is 4.90 Å². The predicted octanol–water partition coefficient (Wildman–Crippen LogP) is 3.95. The van der Waals surface area contributed by atoms with Gasteiger partial charge >= 0.3 is 12.1 Å². The number of carbonyl (C=O) groups excluding carboxylic acids is 1. The van der Waals surface area contributed by atoms with Crippen molar-refractivity contribution < 1.29 is 27.9 Å². The zero-order valence-electron chi connectivity index (χ0n) is 18.8. The molecule has 10 heteroatoms. The summed E-state index contributed by atoms with van der Waals surface area (Å²) in [5.41, 5.74) is 4.11. The maximum absolute atomic E-state index is 12.9. The van der Waals surface area contributed by atoms with Crippen molar-refractivity contribution in [1.29, 1.82) is 0 Å². The Morgan fingerprint density at radius 1 is 0.971 bits per heavy atom. The molecule has 0 fully saturated rings. The number of carboxylic acids is 1. The van der Waals surface area contributed by atoms with E-state index in [9.17, 15) is 18.0 Å². The number of aromatic nitrogens is 2. The van der Waals surface area contributed by atoms with Crippen molar-refractivity contribution in [1.82, 2.24) is 14.5 Å². The average Bonchev–Trinajstić information content (AvgIpc) is 3.10. The smallest absolute Gasteiger partial charge is 0.475 e. The number of carboxylic acid groups (broad SMARTS) is 1. The highest BCUT2D eigenvalue weighted by atomic mass is 19.4. The monoisotopic (exact) mass is 474 g/mol. The number of imidazole rings is 1. The van der Waals surface area contributed by atoms with Gasteiger partial charge in [-0.15, -0.1) is 0 Å². The van der Waals surface area contributed by atoms with Crippen molar-refractivity contribution >= 4 is 17.6 Å². The molecular formula is C24H25F3N4O3. The van der Waals surface area contributed by atoms with Gasteiger partial charge in [-0.3, -0.25) is 4.79 Å². The van der Waals surface area contributed by atoms with Crippen molar-refractivity contribution in [3.8, 4) is 11.3 Å². The molecule has 1 aliphatic heterocycles. The first kappa shape index (κ1) is 24.8. The zero-order chi connectivity index (χ0) is 24.9. The van der Waals surface area contributed by atoms with Crippen molar-refractivity contribution in [2.24, 2.45) is 0 Å². The van der Waals surface area contributed by atoms with Gasteiger partial charge in [-0.05, 0) is 29.8 Å². The number of rotatable bonds is 3. The highest BCUT2D eigenvalue weighted by molar-refractivity contribution is 5.94. The second kappa shape index (κ2) is 10.4. The first-order valence-corrected chi connectivity index (χ1v) is 10.5. The molecule has 0 atom stereocenters. The fourth-order valence-electron chi connectivity index (χ4n) is 3.56. The van der Waals surface area contributed by atoms with Crippen LogP contribution in [-0.2, 0) is 17.8 Å². The van der Waals surface area contributed by atoms with E-state index in [1.54, 1.807) is 0 Å². The summed E-state index contributed by atoms with van der Waals surface area (Å²) in [6.45, 7) is 2.15. The van der Waals surface area contributed by atoms with Crippen LogP contribution in [-0.4, -0.2) is 64.8 Å². The van der Waals surface area contributed by atoms with E-state index in [0.717, 1.165) is 41.3 Å². The van der Waals surface area contributed by atoms with Crippen LogP contribution in [0.5, 0.6) is 0 Å². The summed E-state index contributed by atoms with van der Waals surface area (Å²) in [5.74, 6) is -1.62. The quantitative estimate of drug-likeness (QED) is 0.622. The van der Waals surface area contributed by atoms with Crippen molar-refractivity contribution in [2.75, 3.05) is 32.1 Å². The van der Waals surface area contributed by atoms with Gasteiger partial charge in [0.2, 0.25) is 0 Å². The van der Waals surface area contributed by atoms with Crippen LogP contribution in [0.2, 0.25) is 0 Å². The number of nitrogens with zero attached hydrogens (tertiary/aromatic N) is 4. The van der Waals surface area contributed by atoms with E-state index >= 15 is 0 Å². The summed E-state index contributed by atoms with van der Waals surface area (Å²) >= 11 is 0. The molecule has 0 bridgehead atoms. The number of amides is 1. The minimum absolute atomic E-state index is 0.0901. The van der Waals surface area contributed by atoms with Crippen molar-refractivity contribution in [3.05, 3.63) is 72.2 Å². The van der Waals surface area contributed by atoms with Gasteiger partial charge in [-0.2, -0.15) is 13.2 Å². The van der Waals surface area contributed by atoms with E-state index in [4.69, 9.17) is 9.90 Å². The molecule has 0 unspecified atom stereocenters. The summed E-state index contributed by atoms with van der Waals surface area (Å²) in [4.78, 5) is 30.4. The Balaban J connectivity index is 0.000000406. The standard InChI is InChI=1S/C22H24N4O.C2HF3O2/c1-24(2)19-10-8-18(9-11-19)22(27)25-13-12-21-23-16-20(26(21)15-14-25)17-6-4-3-5-7-17;3-2(4,5)1(6)7/h3-11,16H,12-15H2,1-2H3;(H,6,7). The third-order valence-corrected chi connectivity index (χ3v) is 5.37. The number of fused-ring (bicyclic) bond motifs is 1. The second-order valence-corrected chi connectivity index (χ2v) is 7.86. The topological polar surface area (TPSA) is 78.7 Å². The Morgan fingerprint density at radius 2 is 1.59 bits per heavy atom. The molecule has 0 saturated heterocycles. The maximum atomic E-state index is 12.9. The fraction of sp³-hybridized carbons (Fsp3) is 0.292. The Morgan fingerprint density at radius 3 is 2.15 bits per heavy atom. The molecule has 7 nitrogen and oxygen atoms in total. The van der Waals surface area contributed by atoms with Crippen molar-refractivity contribution in [3.63, 3.8) is 0 Å². The normalized spacial score (nSPS) is 13.3. The number of hydrogen-bond acceptors (Lipinski definition) is 4. The molecule has 1 aliphatic rings. The molecule has 4 rings (SSSR count). The van der Waals surface area contributed by atoms with E-state index in [1.165, 1.54) is 0 Å². The largest absolute Gasteiger partial charge is 0.490 e. The van der Waals surface area contributed by atoms with Gasteiger partial charge in [-0.25, -0.2) is 9.78 Å². The summed E-state index contributed by atoms with van der Waals surface area (Å²) in [6.07, 6.45) is -2.36. The van der Waals surface area contributed by atoms with E-state index in [2.05, 4.69) is 21.7 Å². The minimum Gasteiger partial charge on any atom is -0.475 e. The first-order valence-electron chi connectivity index (χ1n) is 10.5. The lowest BCUT2D eigenvalue weighted by Crippen LogP contribution is -2.33. The van der Waals surface area contributed by atoms with E-state index in [0.29, 0.717) is 13.1 Å². The third kappa shape index (κ3) is 5.94. The highest BCUT2D eigenvalue weighted by Crippen LogP contribution is 2.23. The summed E-state index contributed by atoms with van der Waals surface area (Å²) in [5, 5.41) is 7.12. The molecule has 0 aliphatic carbocycles. The van der Waals surface area contributed by atoms with E-state index < -0.39 is 12.1 Å². The average molecular weight is 474 g/mol. The van der Waals surface area contributed by atoms with Gasteiger partial charge in [0.25, 0.3) is 5.91 Å². The SMILES string of the molecule is CN(C)c1ccc(C(=O)N2CCc3ncc(-c4ccccc4)n3CC2)cc1.O=C(O)C(F)(F)F. The lowest BCUT2D eigenvalue weighted by atomic mass is 10.1. The lowest BCUT2D eigenvalue weighted by molar-refractivity contribution is -0.192. The van der Waals surface area contributed by atoms with Gasteiger partial charge in [0, 0.05) is 51.4 Å².